The van der Waals surface area contributed by atoms with Crippen molar-refractivity contribution in [2.75, 3.05) is 19.0 Å². The van der Waals surface area contributed by atoms with Crippen molar-refractivity contribution in [3.8, 4) is 11.5 Å². The van der Waals surface area contributed by atoms with Crippen molar-refractivity contribution < 1.29 is 22.6 Å². The topological polar surface area (TPSA) is 68.9 Å². The lowest BCUT2D eigenvalue weighted by Gasteiger charge is -2.14. The molecule has 0 aromatic heterocycles. The van der Waals surface area contributed by atoms with Crippen molar-refractivity contribution >= 4 is 35.6 Å². The van der Waals surface area contributed by atoms with Crippen molar-refractivity contribution in [2.24, 2.45) is 10.7 Å². The summed E-state index contributed by atoms with van der Waals surface area (Å²) in [4.78, 5) is 4.11. The molecule has 0 radical (unpaired) electrons. The van der Waals surface area contributed by atoms with Crippen LogP contribution in [-0.2, 0) is 6.42 Å². The second-order valence-electron chi connectivity index (χ2n) is 5.04. The van der Waals surface area contributed by atoms with E-state index in [4.69, 9.17) is 10.5 Å². The maximum absolute atomic E-state index is 12.4. The van der Waals surface area contributed by atoms with Gasteiger partial charge in [0, 0.05) is 6.54 Å². The number of nitrogens with two attached hydrogens (primary N) is 1. The number of ether oxygens (including phenoxy) is 2. The average Bonchev–Trinajstić information content (AvgIpc) is 2.55. The summed E-state index contributed by atoms with van der Waals surface area (Å²) in [5, 5.41) is 2.62. The molecular formula is C17H19F3IN3O2. The van der Waals surface area contributed by atoms with Crippen LogP contribution in [0.25, 0.3) is 0 Å². The summed E-state index contributed by atoms with van der Waals surface area (Å²) in [6.07, 6.45) is -4.17. The van der Waals surface area contributed by atoms with Crippen LogP contribution in [0.15, 0.2) is 53.5 Å². The molecular weight excluding hydrogens is 462 g/mol. The number of nitrogens with zero attached hydrogens (tertiary/aromatic N) is 1. The van der Waals surface area contributed by atoms with Crippen molar-refractivity contribution in [1.82, 2.24) is 0 Å². The SMILES string of the molecule is COc1cccc(CCN=C(N)Nc2ccccc2OC(F)(F)F)c1.I. The fraction of sp³-hybridized carbons (Fsp3) is 0.235. The van der Waals surface area contributed by atoms with Crippen molar-refractivity contribution in [1.29, 1.82) is 0 Å². The van der Waals surface area contributed by atoms with Crippen molar-refractivity contribution in [3.05, 3.63) is 54.1 Å². The summed E-state index contributed by atoms with van der Waals surface area (Å²) in [5.74, 6) is 0.368. The standard InChI is InChI=1S/C17H18F3N3O2.HI/c1-24-13-6-4-5-12(11-13)9-10-22-16(21)23-14-7-2-3-8-15(14)25-17(18,19)20;/h2-8,11H,9-10H2,1H3,(H3,21,22,23);1H. The molecule has 142 valence electrons. The van der Waals surface area contributed by atoms with Gasteiger partial charge in [-0.1, -0.05) is 24.3 Å². The van der Waals surface area contributed by atoms with Gasteiger partial charge in [-0.15, -0.1) is 37.1 Å². The Hall–Kier alpha value is -2.17. The minimum atomic E-state index is -4.78. The molecule has 0 saturated heterocycles. The van der Waals surface area contributed by atoms with Crippen LogP contribution >= 0.6 is 24.0 Å². The zero-order valence-electron chi connectivity index (χ0n) is 13.9. The number of hydrogen-bond acceptors (Lipinski definition) is 3. The van der Waals surface area contributed by atoms with Gasteiger partial charge in [0.25, 0.3) is 0 Å². The number of benzene rings is 2. The first-order valence-corrected chi connectivity index (χ1v) is 7.42. The molecule has 5 nitrogen and oxygen atoms in total. The van der Waals surface area contributed by atoms with E-state index in [2.05, 4.69) is 15.0 Å². The molecule has 0 aliphatic carbocycles. The second kappa shape index (κ2) is 10.1. The molecule has 2 aromatic rings. The second-order valence-corrected chi connectivity index (χ2v) is 5.04. The zero-order valence-corrected chi connectivity index (χ0v) is 16.2. The van der Waals surface area contributed by atoms with Crippen LogP contribution in [0.2, 0.25) is 0 Å². The first kappa shape index (κ1) is 21.9. The van der Waals surface area contributed by atoms with Crippen LogP contribution in [-0.4, -0.2) is 26.0 Å². The molecule has 9 heteroatoms. The van der Waals surface area contributed by atoms with Gasteiger partial charge in [0.15, 0.2) is 11.7 Å². The fourth-order valence-electron chi connectivity index (χ4n) is 2.09. The Bertz CT molecular complexity index is 739. The van der Waals surface area contributed by atoms with Crippen molar-refractivity contribution in [2.45, 2.75) is 12.8 Å². The van der Waals surface area contributed by atoms with Crippen LogP contribution in [0.3, 0.4) is 0 Å². The van der Waals surface area contributed by atoms with Gasteiger partial charge in [-0.25, -0.2) is 0 Å². The molecule has 2 aromatic carbocycles. The maximum atomic E-state index is 12.4. The van der Waals surface area contributed by atoms with E-state index in [1.165, 1.54) is 18.2 Å². The van der Waals surface area contributed by atoms with E-state index in [1.807, 2.05) is 24.3 Å². The Morgan fingerprint density at radius 3 is 2.58 bits per heavy atom. The molecule has 0 bridgehead atoms. The number of hydrogen-bond donors (Lipinski definition) is 2. The third-order valence-corrected chi connectivity index (χ3v) is 3.19. The van der Waals surface area contributed by atoms with E-state index in [0.717, 1.165) is 11.3 Å². The lowest BCUT2D eigenvalue weighted by Crippen LogP contribution is -2.24. The van der Waals surface area contributed by atoms with Gasteiger partial charge in [0.05, 0.1) is 12.8 Å². The van der Waals surface area contributed by atoms with Crippen LogP contribution in [0.5, 0.6) is 11.5 Å². The Morgan fingerprint density at radius 2 is 1.88 bits per heavy atom. The molecule has 0 aliphatic rings. The van der Waals surface area contributed by atoms with Gasteiger partial charge in [0.1, 0.15) is 5.75 Å². The Balaban J connectivity index is 0.00000338. The number of nitrogens with one attached hydrogen (secondary N) is 1. The summed E-state index contributed by atoms with van der Waals surface area (Å²) in [6, 6.07) is 13.1. The molecule has 0 aliphatic heterocycles. The molecule has 3 N–H and O–H groups in total. The summed E-state index contributed by atoms with van der Waals surface area (Å²) in [5.41, 5.74) is 6.83. The lowest BCUT2D eigenvalue weighted by atomic mass is 10.1. The first-order chi connectivity index (χ1) is 11.9. The Labute approximate surface area is 166 Å². The van der Waals surface area contributed by atoms with Crippen LogP contribution in [0, 0.1) is 0 Å². The summed E-state index contributed by atoms with van der Waals surface area (Å²) in [6.45, 7) is 0.369. The first-order valence-electron chi connectivity index (χ1n) is 7.42. The number of rotatable bonds is 6. The number of methoxy groups -OCH3 is 1. The molecule has 0 saturated carbocycles. The maximum Gasteiger partial charge on any atom is 0.573 e. The molecule has 2 rings (SSSR count). The van der Waals surface area contributed by atoms with Gasteiger partial charge in [-0.3, -0.25) is 4.99 Å². The number of para-hydroxylation sites is 2. The number of guanidine groups is 1. The predicted molar refractivity (Wildman–Crippen MR) is 105 cm³/mol. The Kier molecular flexibility index (Phi) is 8.49. The predicted octanol–water partition coefficient (Wildman–Crippen LogP) is 4.18. The van der Waals surface area contributed by atoms with Crippen LogP contribution < -0.4 is 20.5 Å². The van der Waals surface area contributed by atoms with Crippen molar-refractivity contribution in [3.63, 3.8) is 0 Å². The fourth-order valence-corrected chi connectivity index (χ4v) is 2.09. The van der Waals surface area contributed by atoms with E-state index in [-0.39, 0.29) is 41.4 Å². The molecule has 0 spiro atoms. The number of aliphatic imine (C=N–C) groups is 1. The highest BCUT2D eigenvalue weighted by molar-refractivity contribution is 14.0. The third kappa shape index (κ3) is 7.38. The summed E-state index contributed by atoms with van der Waals surface area (Å²) < 4.78 is 46.2. The van der Waals surface area contributed by atoms with Gasteiger partial charge in [-0.05, 0) is 36.2 Å². The normalized spacial score (nSPS) is 11.5. The highest BCUT2D eigenvalue weighted by Gasteiger charge is 2.32. The minimum absolute atomic E-state index is 0. The summed E-state index contributed by atoms with van der Waals surface area (Å²) >= 11 is 0. The highest BCUT2D eigenvalue weighted by Crippen LogP contribution is 2.29. The smallest absolute Gasteiger partial charge is 0.497 e. The molecule has 0 heterocycles. The van der Waals surface area contributed by atoms with Crippen LogP contribution in [0.1, 0.15) is 5.56 Å². The van der Waals surface area contributed by atoms with E-state index in [9.17, 15) is 13.2 Å². The molecule has 0 unspecified atom stereocenters. The summed E-state index contributed by atoms with van der Waals surface area (Å²) in [7, 11) is 1.58. The van der Waals surface area contributed by atoms with E-state index in [0.29, 0.717) is 13.0 Å². The quantitative estimate of drug-likeness (QED) is 0.369. The monoisotopic (exact) mass is 481 g/mol. The minimum Gasteiger partial charge on any atom is -0.497 e. The molecule has 0 atom stereocenters. The Morgan fingerprint density at radius 1 is 1.15 bits per heavy atom. The van der Waals surface area contributed by atoms with Gasteiger partial charge in [0.2, 0.25) is 0 Å². The average molecular weight is 481 g/mol. The zero-order chi connectivity index (χ0) is 18.3. The molecule has 26 heavy (non-hydrogen) atoms. The highest BCUT2D eigenvalue weighted by atomic mass is 127. The van der Waals surface area contributed by atoms with Crippen LogP contribution in [0.4, 0.5) is 18.9 Å². The number of alkyl halides is 3. The third-order valence-electron chi connectivity index (χ3n) is 3.19. The van der Waals surface area contributed by atoms with E-state index < -0.39 is 6.36 Å². The largest absolute Gasteiger partial charge is 0.573 e. The van der Waals surface area contributed by atoms with E-state index >= 15 is 0 Å². The number of anilines is 1. The lowest BCUT2D eigenvalue weighted by molar-refractivity contribution is -0.274. The van der Waals surface area contributed by atoms with Gasteiger partial charge in [-0.2, -0.15) is 0 Å². The number of halogens is 4. The molecule has 0 amide bonds. The van der Waals surface area contributed by atoms with Gasteiger partial charge >= 0.3 is 6.36 Å². The van der Waals surface area contributed by atoms with Gasteiger partial charge < -0.3 is 20.5 Å². The molecule has 0 fully saturated rings. The van der Waals surface area contributed by atoms with E-state index in [1.54, 1.807) is 13.2 Å².